The number of halogens is 1. The zero-order valence-corrected chi connectivity index (χ0v) is 20.1. The minimum absolute atomic E-state index is 0.0985. The molecule has 3 aromatic rings. The average molecular weight is 483 g/mol. The van der Waals surface area contributed by atoms with Crippen molar-refractivity contribution in [2.24, 2.45) is 0 Å². The first-order valence-corrected chi connectivity index (χ1v) is 12.8. The van der Waals surface area contributed by atoms with E-state index < -0.39 is 10.0 Å². The van der Waals surface area contributed by atoms with E-state index in [-0.39, 0.29) is 29.9 Å². The molecular formula is C26H27ClN2O3S. The van der Waals surface area contributed by atoms with E-state index in [4.69, 9.17) is 11.6 Å². The minimum Gasteiger partial charge on any atom is -0.348 e. The van der Waals surface area contributed by atoms with Gasteiger partial charge in [-0.25, -0.2) is 8.42 Å². The van der Waals surface area contributed by atoms with Crippen LogP contribution in [0.25, 0.3) is 0 Å². The number of hydrogen-bond acceptors (Lipinski definition) is 3. The van der Waals surface area contributed by atoms with Gasteiger partial charge in [-0.05, 0) is 67.1 Å². The Kier molecular flexibility index (Phi) is 7.17. The molecule has 0 heterocycles. The molecule has 0 saturated heterocycles. The Morgan fingerprint density at radius 3 is 2.58 bits per heavy atom. The molecule has 1 aliphatic rings. The standard InChI is InChI=1S/C26H27ClN2O3S/c1-19-6-4-7-20(16-19)17-29(33(31,32)23-14-12-22(27)13-15-23)18-26(30)28-25-11-5-9-21-8-2-3-10-24(21)25/h2-4,6-8,10,12-16,25H,5,9,11,17-18H2,1H3,(H,28,30)/t25-/m1/s1. The van der Waals surface area contributed by atoms with Gasteiger partial charge in [0.1, 0.15) is 0 Å². The fraction of sp³-hybridized carbons (Fsp3) is 0.269. The number of nitrogens with zero attached hydrogens (tertiary/aromatic N) is 1. The highest BCUT2D eigenvalue weighted by Crippen LogP contribution is 2.29. The normalized spacial score (nSPS) is 15.8. The summed E-state index contributed by atoms with van der Waals surface area (Å²) in [6, 6.07) is 21.6. The van der Waals surface area contributed by atoms with Gasteiger partial charge in [-0.2, -0.15) is 4.31 Å². The molecule has 5 nitrogen and oxygen atoms in total. The molecule has 0 unspecified atom stereocenters. The van der Waals surface area contributed by atoms with E-state index >= 15 is 0 Å². The number of rotatable bonds is 7. The molecule has 0 spiro atoms. The molecule has 7 heteroatoms. The Morgan fingerprint density at radius 1 is 1.06 bits per heavy atom. The number of sulfonamides is 1. The van der Waals surface area contributed by atoms with Crippen LogP contribution >= 0.6 is 11.6 Å². The van der Waals surface area contributed by atoms with Crippen LogP contribution < -0.4 is 5.32 Å². The monoisotopic (exact) mass is 482 g/mol. The summed E-state index contributed by atoms with van der Waals surface area (Å²) in [4.78, 5) is 13.2. The number of hydrogen-bond donors (Lipinski definition) is 1. The van der Waals surface area contributed by atoms with Gasteiger partial charge >= 0.3 is 0 Å². The third-order valence-electron chi connectivity index (χ3n) is 5.92. The first kappa shape index (κ1) is 23.5. The first-order chi connectivity index (χ1) is 15.8. The molecule has 0 fully saturated rings. The van der Waals surface area contributed by atoms with E-state index in [2.05, 4.69) is 11.4 Å². The van der Waals surface area contributed by atoms with Crippen molar-refractivity contribution in [2.75, 3.05) is 6.54 Å². The molecule has 1 N–H and O–H groups in total. The second-order valence-electron chi connectivity index (χ2n) is 8.43. The quantitative estimate of drug-likeness (QED) is 0.513. The number of nitrogens with one attached hydrogen (secondary N) is 1. The molecule has 33 heavy (non-hydrogen) atoms. The van der Waals surface area contributed by atoms with Gasteiger partial charge in [0.25, 0.3) is 0 Å². The van der Waals surface area contributed by atoms with Crippen molar-refractivity contribution in [3.05, 3.63) is 100 Å². The molecule has 0 aromatic heterocycles. The highest BCUT2D eigenvalue weighted by atomic mass is 35.5. The molecule has 4 rings (SSSR count). The number of benzene rings is 3. The van der Waals surface area contributed by atoms with E-state index in [0.717, 1.165) is 36.0 Å². The third kappa shape index (κ3) is 5.64. The minimum atomic E-state index is -3.91. The van der Waals surface area contributed by atoms with Crippen molar-refractivity contribution in [3.63, 3.8) is 0 Å². The van der Waals surface area contributed by atoms with E-state index in [9.17, 15) is 13.2 Å². The lowest BCUT2D eigenvalue weighted by atomic mass is 9.88. The van der Waals surface area contributed by atoms with Crippen LogP contribution in [0, 0.1) is 6.92 Å². The SMILES string of the molecule is Cc1cccc(CN(CC(=O)N[C@@H]2CCCc3ccccc32)S(=O)(=O)c2ccc(Cl)cc2)c1. The molecule has 1 amide bonds. The Hall–Kier alpha value is -2.67. The van der Waals surface area contributed by atoms with Gasteiger partial charge in [0.05, 0.1) is 17.5 Å². The fourth-order valence-electron chi connectivity index (χ4n) is 4.30. The van der Waals surface area contributed by atoms with Gasteiger partial charge in [0.15, 0.2) is 0 Å². The van der Waals surface area contributed by atoms with Crippen LogP contribution in [0.5, 0.6) is 0 Å². The summed E-state index contributed by atoms with van der Waals surface area (Å²) >= 11 is 5.95. The maximum atomic E-state index is 13.5. The second kappa shape index (κ2) is 10.1. The lowest BCUT2D eigenvalue weighted by Crippen LogP contribution is -2.42. The van der Waals surface area contributed by atoms with Crippen molar-refractivity contribution in [2.45, 2.75) is 43.7 Å². The smallest absolute Gasteiger partial charge is 0.243 e. The predicted octanol–water partition coefficient (Wildman–Crippen LogP) is 5.03. The first-order valence-electron chi connectivity index (χ1n) is 11.0. The number of amides is 1. The summed E-state index contributed by atoms with van der Waals surface area (Å²) < 4.78 is 28.2. The van der Waals surface area contributed by atoms with Crippen molar-refractivity contribution in [1.82, 2.24) is 9.62 Å². The van der Waals surface area contributed by atoms with Crippen LogP contribution in [0.2, 0.25) is 5.02 Å². The number of carbonyl (C=O) groups excluding carboxylic acids is 1. The van der Waals surface area contributed by atoms with Crippen LogP contribution in [0.15, 0.2) is 77.7 Å². The number of aryl methyl sites for hydroxylation is 2. The Bertz CT molecular complexity index is 1240. The van der Waals surface area contributed by atoms with Gasteiger partial charge in [-0.3, -0.25) is 4.79 Å². The van der Waals surface area contributed by atoms with Crippen molar-refractivity contribution in [1.29, 1.82) is 0 Å². The summed E-state index contributed by atoms with van der Waals surface area (Å²) in [5, 5.41) is 3.52. The van der Waals surface area contributed by atoms with Crippen molar-refractivity contribution >= 4 is 27.5 Å². The molecule has 3 aromatic carbocycles. The maximum absolute atomic E-state index is 13.5. The van der Waals surface area contributed by atoms with E-state index in [1.54, 1.807) is 0 Å². The fourth-order valence-corrected chi connectivity index (χ4v) is 5.81. The molecule has 1 aliphatic carbocycles. The van der Waals surface area contributed by atoms with E-state index in [1.807, 2.05) is 49.4 Å². The maximum Gasteiger partial charge on any atom is 0.243 e. The van der Waals surface area contributed by atoms with Crippen LogP contribution in [0.3, 0.4) is 0 Å². The zero-order valence-electron chi connectivity index (χ0n) is 18.5. The van der Waals surface area contributed by atoms with Gasteiger partial charge in [0, 0.05) is 11.6 Å². The zero-order chi connectivity index (χ0) is 23.4. The van der Waals surface area contributed by atoms with E-state index in [0.29, 0.717) is 5.02 Å². The van der Waals surface area contributed by atoms with Crippen LogP contribution in [-0.4, -0.2) is 25.2 Å². The topological polar surface area (TPSA) is 66.5 Å². The van der Waals surface area contributed by atoms with Gasteiger partial charge in [-0.1, -0.05) is 65.7 Å². The number of carbonyl (C=O) groups is 1. The summed E-state index contributed by atoms with van der Waals surface area (Å²) in [6.45, 7) is 1.79. The van der Waals surface area contributed by atoms with Gasteiger partial charge < -0.3 is 5.32 Å². The van der Waals surface area contributed by atoms with Crippen LogP contribution in [-0.2, 0) is 27.8 Å². The molecule has 1 atom stereocenters. The lowest BCUT2D eigenvalue weighted by Gasteiger charge is -2.28. The van der Waals surface area contributed by atoms with Gasteiger partial charge in [-0.15, -0.1) is 0 Å². The highest BCUT2D eigenvalue weighted by molar-refractivity contribution is 7.89. The summed E-state index contributed by atoms with van der Waals surface area (Å²) in [6.07, 6.45) is 2.82. The molecule has 0 radical (unpaired) electrons. The Morgan fingerprint density at radius 2 is 1.82 bits per heavy atom. The lowest BCUT2D eigenvalue weighted by molar-refractivity contribution is -0.122. The predicted molar refractivity (Wildman–Crippen MR) is 130 cm³/mol. The third-order valence-corrected chi connectivity index (χ3v) is 7.98. The molecule has 0 saturated carbocycles. The molecule has 0 bridgehead atoms. The number of fused-ring (bicyclic) bond motifs is 1. The van der Waals surface area contributed by atoms with Crippen LogP contribution in [0.1, 0.15) is 41.1 Å². The summed E-state index contributed by atoms with van der Waals surface area (Å²) in [7, 11) is -3.91. The second-order valence-corrected chi connectivity index (χ2v) is 10.8. The van der Waals surface area contributed by atoms with Crippen molar-refractivity contribution < 1.29 is 13.2 Å². The van der Waals surface area contributed by atoms with Gasteiger partial charge in [0.2, 0.25) is 15.9 Å². The summed E-state index contributed by atoms with van der Waals surface area (Å²) in [5.74, 6) is -0.318. The van der Waals surface area contributed by atoms with Crippen molar-refractivity contribution in [3.8, 4) is 0 Å². The molecule has 0 aliphatic heterocycles. The Labute approximate surface area is 200 Å². The largest absolute Gasteiger partial charge is 0.348 e. The summed E-state index contributed by atoms with van der Waals surface area (Å²) in [5.41, 5.74) is 4.20. The molecule has 172 valence electrons. The molecular weight excluding hydrogens is 456 g/mol. The van der Waals surface area contributed by atoms with E-state index in [1.165, 1.54) is 34.1 Å². The Balaban J connectivity index is 1.58. The average Bonchev–Trinajstić information content (AvgIpc) is 2.79. The highest BCUT2D eigenvalue weighted by Gasteiger charge is 2.29. The van der Waals surface area contributed by atoms with Crippen LogP contribution in [0.4, 0.5) is 0 Å².